The van der Waals surface area contributed by atoms with Gasteiger partial charge in [-0.1, -0.05) is 41.4 Å². The Kier molecular flexibility index (Phi) is 4.83. The molecule has 0 unspecified atom stereocenters. The van der Waals surface area contributed by atoms with Crippen LogP contribution in [0.5, 0.6) is 5.75 Å². The van der Waals surface area contributed by atoms with E-state index in [4.69, 9.17) is 11.6 Å². The molecule has 27 heavy (non-hydrogen) atoms. The molecule has 9 heteroatoms. The van der Waals surface area contributed by atoms with Gasteiger partial charge in [-0.25, -0.2) is 4.79 Å². The Hall–Kier alpha value is -3.39. The average Bonchev–Trinajstić information content (AvgIpc) is 2.85. The van der Waals surface area contributed by atoms with E-state index in [1.165, 1.54) is 6.07 Å². The molecule has 1 aliphatic heterocycles. The number of nitrogens with one attached hydrogen (secondary N) is 1. The number of nitro benzene ring substituents is 1. The van der Waals surface area contributed by atoms with Gasteiger partial charge in [-0.2, -0.15) is 0 Å². The summed E-state index contributed by atoms with van der Waals surface area (Å²) in [6.07, 6.45) is 1.16. The Morgan fingerprint density at radius 1 is 1.30 bits per heavy atom. The minimum Gasteiger partial charge on any atom is -0.502 e. The zero-order valence-electron chi connectivity index (χ0n) is 14.1. The zero-order valence-corrected chi connectivity index (χ0v) is 14.9. The molecule has 8 nitrogen and oxygen atoms in total. The first-order valence-electron chi connectivity index (χ1n) is 7.83. The van der Waals surface area contributed by atoms with Crippen LogP contribution in [0, 0.1) is 17.0 Å². The van der Waals surface area contributed by atoms with Crippen molar-refractivity contribution in [2.75, 3.05) is 0 Å². The second-order valence-corrected chi connectivity index (χ2v) is 6.42. The maximum absolute atomic E-state index is 12.6. The Labute approximate surface area is 158 Å². The van der Waals surface area contributed by atoms with Crippen LogP contribution in [0.4, 0.5) is 10.5 Å². The lowest BCUT2D eigenvalue weighted by Gasteiger charge is -2.12. The molecule has 0 spiro atoms. The van der Waals surface area contributed by atoms with Gasteiger partial charge in [-0.15, -0.1) is 0 Å². The Balaban J connectivity index is 1.92. The van der Waals surface area contributed by atoms with E-state index in [-0.39, 0.29) is 22.8 Å². The highest BCUT2D eigenvalue weighted by atomic mass is 35.5. The smallest absolute Gasteiger partial charge is 0.329 e. The van der Waals surface area contributed by atoms with Crippen molar-refractivity contribution in [3.8, 4) is 5.75 Å². The molecule has 1 fully saturated rings. The fraction of sp³-hybridized carbons (Fsp3) is 0.111. The third kappa shape index (κ3) is 3.75. The number of nitrogens with zero attached hydrogens (tertiary/aromatic N) is 2. The first-order valence-corrected chi connectivity index (χ1v) is 8.21. The minimum absolute atomic E-state index is 0.0136. The standard InChI is InChI=1S/C18H14ClN3O5/c1-10-3-2-4-11(5-10)9-21-17(24)14(20-18(21)25)7-12-6-13(19)8-15(16(12)23)22(26)27/h2-8,23H,9H2,1H3,(H,20,25)/b14-7+. The molecular weight excluding hydrogens is 374 g/mol. The summed E-state index contributed by atoms with van der Waals surface area (Å²) in [5, 5.41) is 23.4. The second-order valence-electron chi connectivity index (χ2n) is 5.99. The number of hydrogen-bond donors (Lipinski definition) is 2. The zero-order chi connectivity index (χ0) is 19.7. The maximum atomic E-state index is 12.6. The van der Waals surface area contributed by atoms with E-state index in [0.717, 1.165) is 28.2 Å². The highest BCUT2D eigenvalue weighted by molar-refractivity contribution is 6.31. The number of hydrogen-bond acceptors (Lipinski definition) is 5. The minimum atomic E-state index is -0.789. The van der Waals surface area contributed by atoms with Gasteiger partial charge in [-0.3, -0.25) is 19.8 Å². The summed E-state index contributed by atoms with van der Waals surface area (Å²) in [5.41, 5.74) is 1.02. The number of nitro groups is 1. The van der Waals surface area contributed by atoms with Gasteiger partial charge in [0.15, 0.2) is 0 Å². The van der Waals surface area contributed by atoms with Gasteiger partial charge in [0.2, 0.25) is 5.75 Å². The predicted molar refractivity (Wildman–Crippen MR) is 98.0 cm³/mol. The molecule has 0 atom stereocenters. The highest BCUT2D eigenvalue weighted by Gasteiger charge is 2.34. The highest BCUT2D eigenvalue weighted by Crippen LogP contribution is 2.34. The quantitative estimate of drug-likeness (QED) is 0.361. The molecule has 1 aliphatic rings. The van der Waals surface area contributed by atoms with Crippen molar-refractivity contribution in [3.63, 3.8) is 0 Å². The summed E-state index contributed by atoms with van der Waals surface area (Å²) in [4.78, 5) is 35.9. The summed E-state index contributed by atoms with van der Waals surface area (Å²) < 4.78 is 0. The van der Waals surface area contributed by atoms with Gasteiger partial charge in [-0.05, 0) is 24.6 Å². The molecule has 0 bridgehead atoms. The van der Waals surface area contributed by atoms with Crippen molar-refractivity contribution in [1.29, 1.82) is 0 Å². The molecule has 1 heterocycles. The summed E-state index contributed by atoms with van der Waals surface area (Å²) in [7, 11) is 0. The number of phenolic OH excluding ortho intramolecular Hbond substituents is 1. The number of carbonyl (C=O) groups excluding carboxylic acids is 2. The average molecular weight is 388 g/mol. The predicted octanol–water partition coefficient (Wildman–Crippen LogP) is 3.36. The van der Waals surface area contributed by atoms with Gasteiger partial charge in [0, 0.05) is 16.7 Å². The van der Waals surface area contributed by atoms with Crippen LogP contribution < -0.4 is 5.32 Å². The van der Waals surface area contributed by atoms with E-state index in [9.17, 15) is 24.8 Å². The number of benzene rings is 2. The number of rotatable bonds is 4. The van der Waals surface area contributed by atoms with E-state index in [0.29, 0.717) is 0 Å². The van der Waals surface area contributed by atoms with Crippen LogP contribution in [0.1, 0.15) is 16.7 Å². The lowest BCUT2D eigenvalue weighted by Crippen LogP contribution is -2.30. The van der Waals surface area contributed by atoms with Crippen LogP contribution >= 0.6 is 11.6 Å². The Bertz CT molecular complexity index is 1000. The molecule has 0 aromatic heterocycles. The Morgan fingerprint density at radius 2 is 2.04 bits per heavy atom. The van der Waals surface area contributed by atoms with E-state index in [2.05, 4.69) is 5.32 Å². The third-order valence-electron chi connectivity index (χ3n) is 3.97. The molecule has 0 radical (unpaired) electrons. The third-order valence-corrected chi connectivity index (χ3v) is 4.18. The number of aryl methyl sites for hydroxylation is 1. The van der Waals surface area contributed by atoms with Crippen molar-refractivity contribution in [1.82, 2.24) is 10.2 Å². The van der Waals surface area contributed by atoms with Gasteiger partial charge in [0.25, 0.3) is 5.91 Å². The largest absolute Gasteiger partial charge is 0.502 e. The summed E-state index contributed by atoms with van der Waals surface area (Å²) in [5.74, 6) is -1.25. The number of imide groups is 1. The Morgan fingerprint density at radius 3 is 2.70 bits per heavy atom. The molecule has 3 amide bonds. The second kappa shape index (κ2) is 7.08. The van der Waals surface area contributed by atoms with Crippen molar-refractivity contribution in [3.05, 3.63) is 73.9 Å². The molecule has 3 rings (SSSR count). The maximum Gasteiger partial charge on any atom is 0.329 e. The summed E-state index contributed by atoms with van der Waals surface area (Å²) in [6.45, 7) is 1.97. The first-order chi connectivity index (χ1) is 12.8. The number of halogens is 1. The van der Waals surface area contributed by atoms with Crippen LogP contribution in [0.3, 0.4) is 0 Å². The van der Waals surface area contributed by atoms with Gasteiger partial charge < -0.3 is 10.4 Å². The van der Waals surface area contributed by atoms with Crippen molar-refractivity contribution >= 4 is 35.3 Å². The van der Waals surface area contributed by atoms with Gasteiger partial charge >= 0.3 is 11.7 Å². The van der Waals surface area contributed by atoms with Crippen molar-refractivity contribution in [2.24, 2.45) is 0 Å². The monoisotopic (exact) mass is 387 g/mol. The van der Waals surface area contributed by atoms with Crippen LogP contribution in [-0.2, 0) is 11.3 Å². The molecular formula is C18H14ClN3O5. The van der Waals surface area contributed by atoms with Crippen LogP contribution in [-0.4, -0.2) is 26.9 Å². The molecule has 2 N–H and O–H groups in total. The number of carbonyl (C=O) groups is 2. The topological polar surface area (TPSA) is 113 Å². The SMILES string of the molecule is Cc1cccc(CN2C(=O)N/C(=C/c3cc(Cl)cc([N+](=O)[O-])c3O)C2=O)c1. The molecule has 1 saturated heterocycles. The van der Waals surface area contributed by atoms with E-state index >= 15 is 0 Å². The van der Waals surface area contributed by atoms with Crippen LogP contribution in [0.15, 0.2) is 42.1 Å². The lowest BCUT2D eigenvalue weighted by atomic mass is 10.1. The van der Waals surface area contributed by atoms with Crippen molar-refractivity contribution < 1.29 is 19.6 Å². The molecule has 0 aliphatic carbocycles. The molecule has 2 aromatic rings. The normalized spacial score (nSPS) is 15.3. The summed E-state index contributed by atoms with van der Waals surface area (Å²) >= 11 is 5.84. The van der Waals surface area contributed by atoms with E-state index < -0.39 is 28.3 Å². The van der Waals surface area contributed by atoms with Crippen molar-refractivity contribution in [2.45, 2.75) is 13.5 Å². The summed E-state index contributed by atoms with van der Waals surface area (Å²) in [6, 6.07) is 9.01. The lowest BCUT2D eigenvalue weighted by molar-refractivity contribution is -0.385. The number of amides is 3. The molecule has 0 saturated carbocycles. The van der Waals surface area contributed by atoms with E-state index in [1.54, 1.807) is 6.07 Å². The molecule has 2 aromatic carbocycles. The number of phenols is 1. The fourth-order valence-electron chi connectivity index (χ4n) is 2.72. The van der Waals surface area contributed by atoms with E-state index in [1.807, 2.05) is 25.1 Å². The van der Waals surface area contributed by atoms with Crippen LogP contribution in [0.25, 0.3) is 6.08 Å². The first kappa shape index (κ1) is 18.4. The van der Waals surface area contributed by atoms with Gasteiger partial charge in [0.05, 0.1) is 11.5 Å². The number of aromatic hydroxyl groups is 1. The van der Waals surface area contributed by atoms with Crippen LogP contribution in [0.2, 0.25) is 5.02 Å². The number of urea groups is 1. The molecule has 138 valence electrons. The fourth-order valence-corrected chi connectivity index (χ4v) is 2.94. The van der Waals surface area contributed by atoms with Gasteiger partial charge in [0.1, 0.15) is 5.70 Å².